The van der Waals surface area contributed by atoms with Crippen molar-refractivity contribution in [1.29, 1.82) is 0 Å². The third-order valence-corrected chi connectivity index (χ3v) is 5.65. The summed E-state index contributed by atoms with van der Waals surface area (Å²) in [6, 6.07) is 9.60. The second-order valence-electron chi connectivity index (χ2n) is 8.87. The van der Waals surface area contributed by atoms with E-state index in [-0.39, 0.29) is 11.7 Å². The predicted molar refractivity (Wildman–Crippen MR) is 122 cm³/mol. The van der Waals surface area contributed by atoms with Crippen LogP contribution in [0.2, 0.25) is 5.02 Å². The lowest BCUT2D eigenvalue weighted by Crippen LogP contribution is -2.61. The molecule has 0 radical (unpaired) electrons. The van der Waals surface area contributed by atoms with Crippen LogP contribution >= 0.6 is 11.6 Å². The van der Waals surface area contributed by atoms with Crippen molar-refractivity contribution in [3.63, 3.8) is 0 Å². The fourth-order valence-electron chi connectivity index (χ4n) is 4.22. The number of ether oxygens (including phenoxy) is 1. The molecule has 10 heteroatoms. The molecule has 1 N–H and O–H groups in total. The molecule has 2 aromatic rings. The van der Waals surface area contributed by atoms with Crippen LogP contribution in [0, 0.1) is 5.92 Å². The summed E-state index contributed by atoms with van der Waals surface area (Å²) >= 11 is 6.32. The highest BCUT2D eigenvalue weighted by atomic mass is 35.5. The molecule has 1 saturated carbocycles. The van der Waals surface area contributed by atoms with Crippen molar-refractivity contribution in [1.82, 2.24) is 15.1 Å². The summed E-state index contributed by atoms with van der Waals surface area (Å²) in [6.07, 6.45) is 3.76. The lowest BCUT2D eigenvalue weighted by Gasteiger charge is -2.44. The number of benzene rings is 1. The van der Waals surface area contributed by atoms with Gasteiger partial charge in [-0.05, 0) is 62.5 Å². The highest BCUT2D eigenvalue weighted by molar-refractivity contribution is 6.30. The van der Waals surface area contributed by atoms with Gasteiger partial charge < -0.3 is 4.74 Å². The zero-order valence-corrected chi connectivity index (χ0v) is 19.2. The molecule has 1 aromatic carbocycles. The van der Waals surface area contributed by atoms with Crippen LogP contribution in [0.5, 0.6) is 0 Å². The first-order valence-corrected chi connectivity index (χ1v) is 11.0. The quantitative estimate of drug-likeness (QED) is 0.353. The number of halogens is 1. The van der Waals surface area contributed by atoms with Gasteiger partial charge in [-0.15, -0.1) is 0 Å². The molecule has 1 aliphatic carbocycles. The minimum Gasteiger partial charge on any atom is -0.444 e. The summed E-state index contributed by atoms with van der Waals surface area (Å²) in [4.78, 5) is 29.0. The molecule has 0 spiro atoms. The second kappa shape index (κ2) is 9.63. The normalized spacial score (nSPS) is 16.5. The van der Waals surface area contributed by atoms with Crippen molar-refractivity contribution in [2.45, 2.75) is 64.1 Å². The molecule has 1 aromatic heterocycles. The van der Waals surface area contributed by atoms with Crippen LogP contribution in [-0.4, -0.2) is 21.5 Å². The van der Waals surface area contributed by atoms with E-state index in [1.807, 2.05) is 0 Å². The summed E-state index contributed by atoms with van der Waals surface area (Å²) in [5.41, 5.74) is 6.89. The molecule has 170 valence electrons. The van der Waals surface area contributed by atoms with Crippen LogP contribution in [0.25, 0.3) is 10.4 Å². The highest BCUT2D eigenvalue weighted by Crippen LogP contribution is 2.40. The zero-order valence-electron chi connectivity index (χ0n) is 18.4. The van der Waals surface area contributed by atoms with E-state index >= 15 is 0 Å². The van der Waals surface area contributed by atoms with E-state index in [0.29, 0.717) is 10.6 Å². The maximum absolute atomic E-state index is 13.1. The number of nitrogens with one attached hydrogen (secondary N) is 1. The summed E-state index contributed by atoms with van der Waals surface area (Å²) < 4.78 is 6.76. The maximum Gasteiger partial charge on any atom is 0.409 e. The predicted octanol–water partition coefficient (Wildman–Crippen LogP) is 5.64. The molecule has 1 fully saturated rings. The lowest BCUT2D eigenvalue weighted by atomic mass is 9.76. The number of amides is 1. The number of hydrogen-bond acceptors (Lipinski definition) is 5. The number of aromatic nitrogens is 2. The number of azide groups is 1. The van der Waals surface area contributed by atoms with Gasteiger partial charge in [-0.3, -0.25) is 10.1 Å². The van der Waals surface area contributed by atoms with Crippen LogP contribution in [-0.2, 0) is 10.4 Å². The summed E-state index contributed by atoms with van der Waals surface area (Å²) in [7, 11) is 0. The maximum atomic E-state index is 13.1. The standard InChI is InChI=1S/C22H27ClN6O3/c1-21(2,3)32-20(31)25-22(15-8-5-4-6-9-15,16-10-7-11-17(23)14-16)29-19(30)13-12-18(27-29)26-28-24/h7,10-15H,4-6,8-9H2,1-3H3,(H,25,31). The molecule has 1 atom stereocenters. The highest BCUT2D eigenvalue weighted by Gasteiger charge is 2.46. The molecule has 1 heterocycles. The second-order valence-corrected chi connectivity index (χ2v) is 9.31. The topological polar surface area (TPSA) is 122 Å². The molecule has 9 nitrogen and oxygen atoms in total. The van der Waals surface area contributed by atoms with Gasteiger partial charge in [-0.2, -0.15) is 9.78 Å². The van der Waals surface area contributed by atoms with Gasteiger partial charge in [0.25, 0.3) is 5.56 Å². The Labute approximate surface area is 191 Å². The third kappa shape index (κ3) is 5.23. The van der Waals surface area contributed by atoms with Gasteiger partial charge >= 0.3 is 6.09 Å². The van der Waals surface area contributed by atoms with Crippen molar-refractivity contribution < 1.29 is 9.53 Å². The minimum absolute atomic E-state index is 0.0142. The van der Waals surface area contributed by atoms with Crippen LogP contribution < -0.4 is 10.9 Å². The van der Waals surface area contributed by atoms with Gasteiger partial charge in [0.05, 0.1) is 0 Å². The van der Waals surface area contributed by atoms with Gasteiger partial charge in [-0.25, -0.2) is 4.79 Å². The van der Waals surface area contributed by atoms with Crippen molar-refractivity contribution in [2.75, 3.05) is 0 Å². The molecular formula is C22H27ClN6O3. The summed E-state index contributed by atoms with van der Waals surface area (Å²) in [6.45, 7) is 5.29. The van der Waals surface area contributed by atoms with Gasteiger partial charge in [0.2, 0.25) is 0 Å². The number of hydrogen-bond donors (Lipinski definition) is 1. The molecule has 3 rings (SSSR count). The summed E-state index contributed by atoms with van der Waals surface area (Å²) in [5, 5.41) is 11.3. The average Bonchev–Trinajstić information content (AvgIpc) is 2.73. The molecule has 32 heavy (non-hydrogen) atoms. The molecular weight excluding hydrogens is 432 g/mol. The molecule has 0 saturated heterocycles. The fraction of sp³-hybridized carbons (Fsp3) is 0.500. The number of nitrogens with zero attached hydrogens (tertiary/aromatic N) is 5. The monoisotopic (exact) mass is 458 g/mol. The Hall–Kier alpha value is -3.03. The first-order valence-electron chi connectivity index (χ1n) is 10.6. The van der Waals surface area contributed by atoms with Crippen LogP contribution in [0.15, 0.2) is 46.3 Å². The van der Waals surface area contributed by atoms with Crippen LogP contribution in [0.1, 0.15) is 58.4 Å². The Balaban J connectivity index is 2.30. The van der Waals surface area contributed by atoms with Gasteiger partial charge in [0.1, 0.15) is 11.4 Å². The smallest absolute Gasteiger partial charge is 0.409 e. The van der Waals surface area contributed by atoms with Crippen molar-refractivity contribution in [3.8, 4) is 0 Å². The van der Waals surface area contributed by atoms with E-state index in [9.17, 15) is 9.59 Å². The van der Waals surface area contributed by atoms with Crippen molar-refractivity contribution in [3.05, 3.63) is 67.8 Å². The van der Waals surface area contributed by atoms with E-state index < -0.39 is 22.9 Å². The van der Waals surface area contributed by atoms with E-state index in [1.54, 1.807) is 45.0 Å². The fourth-order valence-corrected chi connectivity index (χ4v) is 4.41. The third-order valence-electron chi connectivity index (χ3n) is 5.42. The molecule has 1 unspecified atom stereocenters. The number of carbonyl (C=O) groups is 1. The van der Waals surface area contributed by atoms with Crippen LogP contribution in [0.3, 0.4) is 0 Å². The van der Waals surface area contributed by atoms with E-state index in [0.717, 1.165) is 32.1 Å². The van der Waals surface area contributed by atoms with Gasteiger partial charge in [-0.1, -0.05) is 43.0 Å². The Morgan fingerprint density at radius 3 is 2.59 bits per heavy atom. The van der Waals surface area contributed by atoms with Crippen LogP contribution in [0.4, 0.5) is 10.6 Å². The van der Waals surface area contributed by atoms with E-state index in [1.165, 1.54) is 16.8 Å². The Morgan fingerprint density at radius 2 is 1.97 bits per heavy atom. The SMILES string of the molecule is CC(C)(C)OC(=O)NC(c1cccc(Cl)c1)(C1CCCCC1)n1nc(N=[N+]=[N-])ccc1=O. The Kier molecular flexibility index (Phi) is 7.11. The Bertz CT molecular complexity index is 1080. The number of rotatable bonds is 5. The van der Waals surface area contributed by atoms with Crippen molar-refractivity contribution in [2.24, 2.45) is 11.0 Å². The number of carbonyl (C=O) groups excluding carboxylic acids is 1. The first kappa shape index (κ1) is 23.6. The average molecular weight is 459 g/mol. The molecule has 0 bridgehead atoms. The largest absolute Gasteiger partial charge is 0.444 e. The molecule has 1 amide bonds. The van der Waals surface area contributed by atoms with E-state index in [2.05, 4.69) is 20.4 Å². The minimum atomic E-state index is -1.38. The van der Waals surface area contributed by atoms with Crippen molar-refractivity contribution >= 4 is 23.5 Å². The van der Waals surface area contributed by atoms with E-state index in [4.69, 9.17) is 21.9 Å². The molecule has 0 aliphatic heterocycles. The zero-order chi connectivity index (χ0) is 23.4. The number of alkyl carbamates (subject to hydrolysis) is 1. The Morgan fingerprint density at radius 1 is 1.25 bits per heavy atom. The lowest BCUT2D eigenvalue weighted by molar-refractivity contribution is 0.0281. The summed E-state index contributed by atoms with van der Waals surface area (Å²) in [5.74, 6) is -0.158. The van der Waals surface area contributed by atoms with Gasteiger partial charge in [0, 0.05) is 27.5 Å². The van der Waals surface area contributed by atoms with Gasteiger partial charge in [0.15, 0.2) is 5.66 Å². The first-order chi connectivity index (χ1) is 15.2. The molecule has 1 aliphatic rings.